The summed E-state index contributed by atoms with van der Waals surface area (Å²) in [6, 6.07) is 5.02. The molecule has 4 heteroatoms. The first-order valence-electron chi connectivity index (χ1n) is 5.29. The van der Waals surface area contributed by atoms with Crippen molar-refractivity contribution in [2.24, 2.45) is 0 Å². The quantitative estimate of drug-likeness (QED) is 0.865. The molecule has 0 atom stereocenters. The Morgan fingerprint density at radius 3 is 2.81 bits per heavy atom. The van der Waals surface area contributed by atoms with E-state index in [0.717, 1.165) is 6.42 Å². The number of phenolic OH excluding ortho intramolecular Hbond substituents is 1. The summed E-state index contributed by atoms with van der Waals surface area (Å²) in [5, 5.41) is 9.56. The predicted octanol–water partition coefficient (Wildman–Crippen LogP) is 3.10. The van der Waals surface area contributed by atoms with Crippen LogP contribution < -0.4 is 4.74 Å². The van der Waals surface area contributed by atoms with Gasteiger partial charge in [-0.05, 0) is 32.4 Å². The van der Waals surface area contributed by atoms with Gasteiger partial charge in [-0.3, -0.25) is 0 Å². The van der Waals surface area contributed by atoms with E-state index in [1.54, 1.807) is 18.2 Å². The van der Waals surface area contributed by atoms with Crippen molar-refractivity contribution >= 4 is 11.1 Å². The molecule has 0 aliphatic heterocycles. The van der Waals surface area contributed by atoms with E-state index in [0.29, 0.717) is 11.1 Å². The van der Waals surface area contributed by atoms with E-state index in [2.05, 4.69) is 4.98 Å². The maximum Gasteiger partial charge on any atom is 0.395 e. The fraction of sp³-hybridized carbons (Fsp3) is 0.417. The number of para-hydroxylation sites is 1. The maximum absolute atomic E-state index is 9.56. The van der Waals surface area contributed by atoms with Crippen molar-refractivity contribution in [1.29, 1.82) is 0 Å². The molecule has 0 unspecified atom stereocenters. The van der Waals surface area contributed by atoms with Crippen molar-refractivity contribution < 1.29 is 14.3 Å². The van der Waals surface area contributed by atoms with Crippen molar-refractivity contribution in [2.45, 2.75) is 32.8 Å². The van der Waals surface area contributed by atoms with Gasteiger partial charge in [0.15, 0.2) is 11.1 Å². The lowest BCUT2D eigenvalue weighted by atomic mass is 10.1. The van der Waals surface area contributed by atoms with Crippen molar-refractivity contribution in [3.8, 4) is 11.8 Å². The molecule has 0 aliphatic carbocycles. The lowest BCUT2D eigenvalue weighted by molar-refractivity contribution is 0.0690. The van der Waals surface area contributed by atoms with Crippen molar-refractivity contribution in [1.82, 2.24) is 4.98 Å². The van der Waals surface area contributed by atoms with Crippen LogP contribution in [0.4, 0.5) is 0 Å². The SMILES string of the molecule is CCC(C)(C)Oc1nc2c(O)cccc2o1. The molecule has 0 aliphatic rings. The minimum atomic E-state index is -0.323. The van der Waals surface area contributed by atoms with Crippen LogP contribution >= 0.6 is 0 Å². The van der Waals surface area contributed by atoms with Gasteiger partial charge < -0.3 is 14.3 Å². The van der Waals surface area contributed by atoms with Crippen LogP contribution in [-0.4, -0.2) is 15.7 Å². The van der Waals surface area contributed by atoms with Crippen LogP contribution in [0.25, 0.3) is 11.1 Å². The average Bonchev–Trinajstić information content (AvgIpc) is 2.61. The van der Waals surface area contributed by atoms with E-state index in [1.165, 1.54) is 0 Å². The normalized spacial score (nSPS) is 11.9. The molecule has 0 amide bonds. The Balaban J connectivity index is 2.37. The lowest BCUT2D eigenvalue weighted by Crippen LogP contribution is -2.26. The van der Waals surface area contributed by atoms with Gasteiger partial charge in [0.25, 0.3) is 0 Å². The molecule has 86 valence electrons. The summed E-state index contributed by atoms with van der Waals surface area (Å²) in [5.74, 6) is 0.102. The molecular weight excluding hydrogens is 206 g/mol. The molecule has 0 fully saturated rings. The molecule has 2 aromatic rings. The number of fused-ring (bicyclic) bond motifs is 1. The molecule has 16 heavy (non-hydrogen) atoms. The smallest absolute Gasteiger partial charge is 0.395 e. The number of hydrogen-bond acceptors (Lipinski definition) is 4. The van der Waals surface area contributed by atoms with Crippen LogP contribution in [0.3, 0.4) is 0 Å². The number of benzene rings is 1. The number of hydrogen-bond donors (Lipinski definition) is 1. The Morgan fingerprint density at radius 1 is 1.44 bits per heavy atom. The highest BCUT2D eigenvalue weighted by molar-refractivity contribution is 5.79. The third-order valence-electron chi connectivity index (χ3n) is 2.59. The third kappa shape index (κ3) is 1.96. The molecule has 0 bridgehead atoms. The highest BCUT2D eigenvalue weighted by atomic mass is 16.6. The van der Waals surface area contributed by atoms with E-state index in [-0.39, 0.29) is 17.4 Å². The number of oxazole rings is 1. The zero-order chi connectivity index (χ0) is 11.8. The molecule has 0 saturated carbocycles. The van der Waals surface area contributed by atoms with Crippen LogP contribution in [0.2, 0.25) is 0 Å². The van der Waals surface area contributed by atoms with E-state index in [9.17, 15) is 5.11 Å². The zero-order valence-corrected chi connectivity index (χ0v) is 9.65. The second-order valence-corrected chi connectivity index (χ2v) is 4.32. The Hall–Kier alpha value is -1.71. The number of nitrogens with zero attached hydrogens (tertiary/aromatic N) is 1. The molecule has 4 nitrogen and oxygen atoms in total. The first-order chi connectivity index (χ1) is 7.52. The summed E-state index contributed by atoms with van der Waals surface area (Å²) in [6.07, 6.45) is 1.04. The van der Waals surface area contributed by atoms with Crippen LogP contribution in [0.1, 0.15) is 27.2 Å². The van der Waals surface area contributed by atoms with Gasteiger partial charge in [0.1, 0.15) is 11.4 Å². The van der Waals surface area contributed by atoms with Crippen LogP contribution in [0.5, 0.6) is 11.8 Å². The van der Waals surface area contributed by atoms with Crippen molar-refractivity contribution in [3.63, 3.8) is 0 Å². The number of aromatic nitrogens is 1. The average molecular weight is 221 g/mol. The summed E-state index contributed by atoms with van der Waals surface area (Å²) in [5.41, 5.74) is 0.641. The molecule has 0 saturated heterocycles. The minimum Gasteiger partial charge on any atom is -0.506 e. The fourth-order valence-electron chi connectivity index (χ4n) is 1.27. The van der Waals surface area contributed by atoms with E-state index in [1.807, 2.05) is 20.8 Å². The van der Waals surface area contributed by atoms with Gasteiger partial charge in [0, 0.05) is 0 Å². The Bertz CT molecular complexity index is 502. The Morgan fingerprint density at radius 2 is 2.19 bits per heavy atom. The number of aromatic hydroxyl groups is 1. The molecule has 1 N–H and O–H groups in total. The predicted molar refractivity (Wildman–Crippen MR) is 60.7 cm³/mol. The summed E-state index contributed by atoms with van der Waals surface area (Å²) in [4.78, 5) is 4.11. The van der Waals surface area contributed by atoms with Gasteiger partial charge in [0.2, 0.25) is 0 Å². The van der Waals surface area contributed by atoms with Gasteiger partial charge >= 0.3 is 6.08 Å². The molecule has 0 spiro atoms. The summed E-state index contributed by atoms with van der Waals surface area (Å²) < 4.78 is 11.0. The molecule has 0 radical (unpaired) electrons. The highest BCUT2D eigenvalue weighted by Crippen LogP contribution is 2.29. The molecule has 1 heterocycles. The maximum atomic E-state index is 9.56. The highest BCUT2D eigenvalue weighted by Gasteiger charge is 2.21. The monoisotopic (exact) mass is 221 g/mol. The van der Waals surface area contributed by atoms with Gasteiger partial charge in [-0.15, -0.1) is 0 Å². The second kappa shape index (κ2) is 3.70. The zero-order valence-electron chi connectivity index (χ0n) is 9.65. The van der Waals surface area contributed by atoms with Gasteiger partial charge in [-0.1, -0.05) is 13.0 Å². The summed E-state index contributed by atoms with van der Waals surface area (Å²) in [6.45, 7) is 5.95. The van der Waals surface area contributed by atoms with E-state index < -0.39 is 0 Å². The van der Waals surface area contributed by atoms with Gasteiger partial charge in [-0.2, -0.15) is 4.98 Å². The van der Waals surface area contributed by atoms with E-state index >= 15 is 0 Å². The summed E-state index contributed by atoms with van der Waals surface area (Å²) >= 11 is 0. The van der Waals surface area contributed by atoms with Crippen LogP contribution in [0.15, 0.2) is 22.6 Å². The van der Waals surface area contributed by atoms with Crippen molar-refractivity contribution in [3.05, 3.63) is 18.2 Å². The van der Waals surface area contributed by atoms with Gasteiger partial charge in [0.05, 0.1) is 0 Å². The number of rotatable bonds is 3. The molecule has 1 aromatic heterocycles. The standard InChI is InChI=1S/C12H15NO3/c1-4-12(2,3)16-11-13-10-8(14)6-5-7-9(10)15-11/h5-7,14H,4H2,1-3H3. The second-order valence-electron chi connectivity index (χ2n) is 4.32. The largest absolute Gasteiger partial charge is 0.506 e. The lowest BCUT2D eigenvalue weighted by Gasteiger charge is -2.21. The number of phenols is 1. The van der Waals surface area contributed by atoms with Crippen molar-refractivity contribution in [2.75, 3.05) is 0 Å². The van der Waals surface area contributed by atoms with E-state index in [4.69, 9.17) is 9.15 Å². The molecule has 1 aromatic carbocycles. The fourth-order valence-corrected chi connectivity index (χ4v) is 1.27. The number of ether oxygens (including phenoxy) is 1. The van der Waals surface area contributed by atoms with Crippen LogP contribution in [-0.2, 0) is 0 Å². The third-order valence-corrected chi connectivity index (χ3v) is 2.59. The Labute approximate surface area is 93.9 Å². The first-order valence-corrected chi connectivity index (χ1v) is 5.29. The van der Waals surface area contributed by atoms with Gasteiger partial charge in [-0.25, -0.2) is 0 Å². The van der Waals surface area contributed by atoms with Crippen LogP contribution in [0, 0.1) is 0 Å². The minimum absolute atomic E-state index is 0.102. The summed E-state index contributed by atoms with van der Waals surface area (Å²) in [7, 11) is 0. The molecular formula is C12H15NO3. The topological polar surface area (TPSA) is 55.5 Å². The first kappa shape index (κ1) is 10.8. The molecule has 2 rings (SSSR count). The Kier molecular flexibility index (Phi) is 2.50.